The lowest BCUT2D eigenvalue weighted by Gasteiger charge is -2.19. The first-order valence-corrected chi connectivity index (χ1v) is 12.0. The van der Waals surface area contributed by atoms with Crippen LogP contribution in [0, 0.1) is 0 Å². The zero-order valence-electron chi connectivity index (χ0n) is 18.6. The van der Waals surface area contributed by atoms with Crippen LogP contribution in [0.25, 0.3) is 17.3 Å². The summed E-state index contributed by atoms with van der Waals surface area (Å²) in [5.41, 5.74) is 3.98. The summed E-state index contributed by atoms with van der Waals surface area (Å²) in [5, 5.41) is 8.91. The average Bonchev–Trinajstić information content (AvgIpc) is 3.43. The molecule has 2 aromatic carbocycles. The van der Waals surface area contributed by atoms with E-state index >= 15 is 0 Å². The number of hydrogen-bond donors (Lipinski definition) is 1. The van der Waals surface area contributed by atoms with Gasteiger partial charge in [0.2, 0.25) is 0 Å². The first-order chi connectivity index (χ1) is 16.9. The molecule has 1 aliphatic heterocycles. The smallest absolute Gasteiger partial charge is 0.272 e. The molecule has 1 N–H and O–H groups in total. The van der Waals surface area contributed by atoms with Crippen LogP contribution in [-0.4, -0.2) is 22.3 Å². The van der Waals surface area contributed by atoms with E-state index in [9.17, 15) is 4.79 Å². The van der Waals surface area contributed by atoms with Crippen LogP contribution in [0.1, 0.15) is 46.0 Å². The molecule has 4 aromatic rings. The number of rotatable bonds is 5. The maximum Gasteiger partial charge on any atom is 0.272 e. The molecule has 3 heterocycles. The van der Waals surface area contributed by atoms with E-state index in [1.807, 2.05) is 43.3 Å². The molecule has 0 radical (unpaired) electrons. The highest BCUT2D eigenvalue weighted by Crippen LogP contribution is 2.35. The van der Waals surface area contributed by atoms with Gasteiger partial charge in [0.15, 0.2) is 10.9 Å². The minimum absolute atomic E-state index is 0.214. The molecule has 1 atom stereocenters. The monoisotopic (exact) mass is 527 g/mol. The maximum atomic E-state index is 13.4. The van der Waals surface area contributed by atoms with Crippen molar-refractivity contribution >= 4 is 52.4 Å². The lowest BCUT2D eigenvalue weighted by atomic mass is 10.0. The maximum absolute atomic E-state index is 13.4. The van der Waals surface area contributed by atoms with E-state index in [0.29, 0.717) is 39.4 Å². The summed E-state index contributed by atoms with van der Waals surface area (Å²) in [6.45, 7) is 2.44. The fourth-order valence-corrected chi connectivity index (χ4v) is 4.68. The Balaban J connectivity index is 1.61. The number of fused-ring (bicyclic) bond motifs is 1. The molecule has 0 saturated carbocycles. The van der Waals surface area contributed by atoms with Crippen LogP contribution in [0.3, 0.4) is 0 Å². The van der Waals surface area contributed by atoms with Crippen LogP contribution in [0.15, 0.2) is 65.1 Å². The first-order valence-electron chi connectivity index (χ1n) is 10.9. The second-order valence-electron chi connectivity index (χ2n) is 8.09. The van der Waals surface area contributed by atoms with Gasteiger partial charge >= 0.3 is 0 Å². The number of ether oxygens (including phenoxy) is 1. The molecule has 1 aliphatic rings. The number of furan rings is 1. The van der Waals surface area contributed by atoms with Gasteiger partial charge in [-0.2, -0.15) is 5.10 Å². The third-order valence-electron chi connectivity index (χ3n) is 5.70. The van der Waals surface area contributed by atoms with Crippen LogP contribution in [0.2, 0.25) is 15.3 Å². The summed E-state index contributed by atoms with van der Waals surface area (Å²) in [5.74, 6) is 0.243. The van der Waals surface area contributed by atoms with Gasteiger partial charge in [-0.25, -0.2) is 4.68 Å². The van der Waals surface area contributed by atoms with Gasteiger partial charge in [0.25, 0.3) is 5.91 Å². The Kier molecular flexibility index (Phi) is 6.71. The van der Waals surface area contributed by atoms with E-state index < -0.39 is 0 Å². The third kappa shape index (κ3) is 4.88. The number of carbonyl (C=O) groups excluding carboxylic acids is 1. The van der Waals surface area contributed by atoms with Crippen LogP contribution < -0.4 is 5.32 Å². The Morgan fingerprint density at radius 1 is 1.09 bits per heavy atom. The van der Waals surface area contributed by atoms with E-state index in [0.717, 1.165) is 11.1 Å². The van der Waals surface area contributed by atoms with Crippen molar-refractivity contribution in [3.63, 3.8) is 0 Å². The second kappa shape index (κ2) is 9.91. The average molecular weight is 529 g/mol. The van der Waals surface area contributed by atoms with Crippen LogP contribution in [-0.2, 0) is 11.3 Å². The Bertz CT molecular complexity index is 1430. The van der Waals surface area contributed by atoms with Gasteiger partial charge in [-0.1, -0.05) is 53.5 Å². The number of hydrogen-bond acceptors (Lipinski definition) is 4. The van der Waals surface area contributed by atoms with Crippen molar-refractivity contribution < 1.29 is 13.9 Å². The van der Waals surface area contributed by atoms with E-state index in [-0.39, 0.29) is 29.5 Å². The molecule has 1 amide bonds. The zero-order valence-corrected chi connectivity index (χ0v) is 20.9. The van der Waals surface area contributed by atoms with E-state index in [2.05, 4.69) is 5.32 Å². The molecule has 35 heavy (non-hydrogen) atoms. The van der Waals surface area contributed by atoms with Crippen LogP contribution in [0.5, 0.6) is 0 Å². The van der Waals surface area contributed by atoms with Crippen molar-refractivity contribution in [2.75, 3.05) is 6.61 Å². The highest BCUT2D eigenvalue weighted by molar-refractivity contribution is 6.35. The standard InChI is InChI=1S/C26H20Cl3N3O3/c1-15(16-5-3-2-4-6-16)30-26(33)24-20-14-34-13-17(11-19-8-10-23(29)35-19)25(20)32(31-24)22-9-7-18(27)12-21(22)28/h2-12,15H,13-14H2,1H3,(H,30,33)/t15-/m1/s1. The summed E-state index contributed by atoms with van der Waals surface area (Å²) < 4.78 is 13.0. The molecule has 6 nitrogen and oxygen atoms in total. The van der Waals surface area contributed by atoms with Gasteiger partial charge in [0.05, 0.1) is 35.7 Å². The van der Waals surface area contributed by atoms with Crippen molar-refractivity contribution in [1.82, 2.24) is 15.1 Å². The molecule has 178 valence electrons. The van der Waals surface area contributed by atoms with Gasteiger partial charge in [-0.05, 0) is 60.5 Å². The molecule has 0 saturated heterocycles. The van der Waals surface area contributed by atoms with Gasteiger partial charge in [0, 0.05) is 16.2 Å². The van der Waals surface area contributed by atoms with Gasteiger partial charge in [0.1, 0.15) is 5.76 Å². The van der Waals surface area contributed by atoms with Crippen molar-refractivity contribution in [2.24, 2.45) is 0 Å². The number of aromatic nitrogens is 2. The highest BCUT2D eigenvalue weighted by atomic mass is 35.5. The van der Waals surface area contributed by atoms with Crippen LogP contribution in [0.4, 0.5) is 0 Å². The van der Waals surface area contributed by atoms with Gasteiger partial charge < -0.3 is 14.5 Å². The normalized spacial score (nSPS) is 15.1. The van der Waals surface area contributed by atoms with E-state index in [1.54, 1.807) is 35.0 Å². The minimum atomic E-state index is -0.313. The molecule has 5 rings (SSSR count). The number of nitrogens with zero attached hydrogens (tertiary/aromatic N) is 2. The fraction of sp³-hybridized carbons (Fsp3) is 0.154. The van der Waals surface area contributed by atoms with Crippen molar-refractivity contribution in [2.45, 2.75) is 19.6 Å². The molecule has 0 aliphatic carbocycles. The minimum Gasteiger partial charge on any atom is -0.445 e. The van der Waals surface area contributed by atoms with Crippen molar-refractivity contribution in [3.8, 4) is 5.69 Å². The Hall–Kier alpha value is -3.03. The predicted molar refractivity (Wildman–Crippen MR) is 137 cm³/mol. The number of benzene rings is 2. The van der Waals surface area contributed by atoms with Crippen molar-refractivity contribution in [1.29, 1.82) is 0 Å². The molecule has 0 spiro atoms. The highest BCUT2D eigenvalue weighted by Gasteiger charge is 2.30. The summed E-state index contributed by atoms with van der Waals surface area (Å²) in [6.07, 6.45) is 1.82. The number of amides is 1. The largest absolute Gasteiger partial charge is 0.445 e. The predicted octanol–water partition coefficient (Wildman–Crippen LogP) is 6.99. The lowest BCUT2D eigenvalue weighted by Crippen LogP contribution is -2.28. The number of carbonyl (C=O) groups is 1. The Morgan fingerprint density at radius 2 is 1.89 bits per heavy atom. The summed E-state index contributed by atoms with van der Waals surface area (Å²) in [6, 6.07) is 18.1. The topological polar surface area (TPSA) is 69.3 Å². The zero-order chi connectivity index (χ0) is 24.5. The summed E-state index contributed by atoms with van der Waals surface area (Å²) in [4.78, 5) is 13.4. The van der Waals surface area contributed by atoms with Gasteiger partial charge in [-0.3, -0.25) is 4.79 Å². The van der Waals surface area contributed by atoms with Crippen molar-refractivity contribution in [3.05, 3.63) is 104 Å². The Morgan fingerprint density at radius 3 is 2.60 bits per heavy atom. The molecule has 0 bridgehead atoms. The molecule has 0 fully saturated rings. The summed E-state index contributed by atoms with van der Waals surface area (Å²) in [7, 11) is 0. The quantitative estimate of drug-likeness (QED) is 0.303. The first kappa shape index (κ1) is 23.7. The second-order valence-corrected chi connectivity index (χ2v) is 9.31. The molecular weight excluding hydrogens is 509 g/mol. The molecule has 2 aromatic heterocycles. The van der Waals surface area contributed by atoms with Crippen LogP contribution >= 0.6 is 34.8 Å². The third-order valence-corrected chi connectivity index (χ3v) is 6.44. The van der Waals surface area contributed by atoms with E-state index in [4.69, 9.17) is 49.1 Å². The number of nitrogens with one attached hydrogen (secondary N) is 1. The van der Waals surface area contributed by atoms with Gasteiger partial charge in [-0.15, -0.1) is 0 Å². The summed E-state index contributed by atoms with van der Waals surface area (Å²) >= 11 is 18.6. The molecule has 9 heteroatoms. The Labute approximate surface area is 217 Å². The lowest BCUT2D eigenvalue weighted by molar-refractivity contribution is 0.0926. The molecular formula is C26H20Cl3N3O3. The SMILES string of the molecule is C[C@@H](NC(=O)c1nn(-c2ccc(Cl)cc2Cl)c2c1COCC2=Cc1ccc(Cl)o1)c1ccccc1. The molecule has 0 unspecified atom stereocenters. The number of halogens is 3. The van der Waals surface area contributed by atoms with E-state index in [1.165, 1.54) is 0 Å². The fourth-order valence-electron chi connectivity index (χ4n) is 4.04.